The van der Waals surface area contributed by atoms with Crippen LogP contribution in [0, 0.1) is 17.8 Å². The molecule has 1 aromatic heterocycles. The van der Waals surface area contributed by atoms with Crippen LogP contribution in [0.3, 0.4) is 0 Å². The summed E-state index contributed by atoms with van der Waals surface area (Å²) in [7, 11) is 0. The fourth-order valence-electron chi connectivity index (χ4n) is 13.3. The van der Waals surface area contributed by atoms with E-state index in [2.05, 4.69) is 92.1 Å². The SMILES string of the molecule is O=C1C2CCCCC2C2CCCC3C2N1C1CCCC2C1N3C1CCCCC1N2c1ccc2c(c1)c1ccccc1n2-c1ccccc1. The Bertz CT molecular complexity index is 1880. The highest BCUT2D eigenvalue weighted by molar-refractivity contribution is 6.10. The van der Waals surface area contributed by atoms with E-state index in [-0.39, 0.29) is 0 Å². The zero-order valence-corrected chi connectivity index (χ0v) is 28.3. The quantitative estimate of drug-likeness (QED) is 0.220. The lowest BCUT2D eigenvalue weighted by Crippen LogP contribution is -2.84. The second kappa shape index (κ2) is 10.8. The van der Waals surface area contributed by atoms with Crippen molar-refractivity contribution in [3.8, 4) is 5.69 Å². The molecule has 4 aromatic rings. The van der Waals surface area contributed by atoms with Gasteiger partial charge in [-0.3, -0.25) is 9.69 Å². The molecule has 4 aliphatic carbocycles. The number of aromatic nitrogens is 1. The summed E-state index contributed by atoms with van der Waals surface area (Å²) in [5.41, 5.74) is 5.22. The average Bonchev–Trinajstić information content (AvgIpc) is 3.48. The van der Waals surface area contributed by atoms with Gasteiger partial charge in [-0.25, -0.2) is 0 Å². The number of benzene rings is 3. The van der Waals surface area contributed by atoms with Gasteiger partial charge in [0, 0.05) is 58.3 Å². The summed E-state index contributed by atoms with van der Waals surface area (Å²) in [4.78, 5) is 23.5. The summed E-state index contributed by atoms with van der Waals surface area (Å²) in [6.07, 6.45) is 18.1. The van der Waals surface area contributed by atoms with Gasteiger partial charge in [-0.15, -0.1) is 0 Å². The van der Waals surface area contributed by atoms with Crippen LogP contribution in [0.1, 0.15) is 89.9 Å². The second-order valence-corrected chi connectivity index (χ2v) is 16.7. The summed E-state index contributed by atoms with van der Waals surface area (Å²) in [5, 5.41) is 2.70. The van der Waals surface area contributed by atoms with E-state index in [0.717, 1.165) is 12.3 Å². The predicted octanol–water partition coefficient (Wildman–Crippen LogP) is 8.71. The van der Waals surface area contributed by atoms with Crippen LogP contribution >= 0.6 is 0 Å². The fourth-order valence-corrected chi connectivity index (χ4v) is 13.3. The molecule has 11 rings (SSSR count). The maximum absolute atomic E-state index is 14.7. The summed E-state index contributed by atoms with van der Waals surface area (Å²) < 4.78 is 2.45. The van der Waals surface area contributed by atoms with Crippen LogP contribution in [-0.4, -0.2) is 62.6 Å². The molecule has 0 spiro atoms. The third kappa shape index (κ3) is 3.86. The minimum atomic E-state index is 0.303. The van der Waals surface area contributed by atoms with Crippen molar-refractivity contribution in [2.24, 2.45) is 17.8 Å². The molecule has 4 saturated carbocycles. The highest BCUT2D eigenvalue weighted by Crippen LogP contribution is 2.56. The van der Waals surface area contributed by atoms with E-state index in [0.29, 0.717) is 60.0 Å². The molecule has 3 saturated heterocycles. The molecule has 4 heterocycles. The minimum Gasteiger partial charge on any atom is -0.362 e. The van der Waals surface area contributed by atoms with Crippen LogP contribution < -0.4 is 4.90 Å². The van der Waals surface area contributed by atoms with E-state index in [1.807, 2.05) is 0 Å². The molecule has 5 heteroatoms. The Hall–Kier alpha value is -3.31. The lowest BCUT2D eigenvalue weighted by Gasteiger charge is -2.71. The first-order chi connectivity index (χ1) is 23.8. The number of hydrogen-bond acceptors (Lipinski definition) is 3. The van der Waals surface area contributed by atoms with E-state index in [1.165, 1.54) is 117 Å². The van der Waals surface area contributed by atoms with E-state index in [1.54, 1.807) is 0 Å². The van der Waals surface area contributed by atoms with Crippen molar-refractivity contribution in [3.63, 3.8) is 0 Å². The third-order valence-corrected chi connectivity index (χ3v) is 14.8. The number of piperidine rings is 1. The van der Waals surface area contributed by atoms with E-state index in [9.17, 15) is 4.79 Å². The number of anilines is 1. The topological polar surface area (TPSA) is 31.7 Å². The highest BCUT2D eigenvalue weighted by Gasteiger charge is 2.65. The van der Waals surface area contributed by atoms with E-state index in [4.69, 9.17) is 0 Å². The monoisotopic (exact) mass is 638 g/mol. The first kappa shape index (κ1) is 28.5. The second-order valence-electron chi connectivity index (χ2n) is 16.7. The Labute approximate surface area is 285 Å². The molecule has 1 amide bonds. The minimum absolute atomic E-state index is 0.303. The molecule has 3 aliphatic heterocycles. The average molecular weight is 639 g/mol. The van der Waals surface area contributed by atoms with Gasteiger partial charge in [-0.1, -0.05) is 68.5 Å². The standard InChI is InChI=1S/C43H50N4O/c48-43-32-16-5-4-14-29(32)31-17-10-21-38-41(31)47(43)40-23-11-22-39-42(40)46(38)37-20-9-8-19-36(37)45(39)28-24-25-35-33(26-28)30-15-6-7-18-34(30)44(35)27-12-2-1-3-13-27/h1-3,6-7,12-13,15,18,24-26,29,31-32,36-42H,4-5,8-11,14,16-17,19-23H2. The maximum atomic E-state index is 14.7. The molecule has 3 aromatic carbocycles. The zero-order valence-electron chi connectivity index (χ0n) is 28.3. The number of nitrogens with zero attached hydrogens (tertiary/aromatic N) is 4. The van der Waals surface area contributed by atoms with Crippen molar-refractivity contribution < 1.29 is 4.79 Å². The van der Waals surface area contributed by atoms with Crippen molar-refractivity contribution >= 4 is 33.4 Å². The molecule has 0 bridgehead atoms. The molecule has 5 nitrogen and oxygen atoms in total. The first-order valence-electron chi connectivity index (χ1n) is 19.7. The summed E-state index contributed by atoms with van der Waals surface area (Å²) in [6.45, 7) is 0. The van der Waals surface area contributed by atoms with Gasteiger partial charge >= 0.3 is 0 Å². The lowest BCUT2D eigenvalue weighted by atomic mass is 9.58. The zero-order chi connectivity index (χ0) is 31.5. The molecular weight excluding hydrogens is 589 g/mol. The van der Waals surface area contributed by atoms with Crippen LogP contribution in [0.4, 0.5) is 5.69 Å². The van der Waals surface area contributed by atoms with Gasteiger partial charge in [-0.05, 0) is 106 Å². The van der Waals surface area contributed by atoms with Crippen LogP contribution in [-0.2, 0) is 4.79 Å². The molecule has 10 atom stereocenters. The number of fused-ring (bicyclic) bond motifs is 9. The van der Waals surface area contributed by atoms with Gasteiger partial charge in [0.05, 0.1) is 23.1 Å². The van der Waals surface area contributed by atoms with Crippen LogP contribution in [0.5, 0.6) is 0 Å². The number of hydrogen-bond donors (Lipinski definition) is 0. The van der Waals surface area contributed by atoms with Crippen molar-refractivity contribution in [3.05, 3.63) is 72.8 Å². The molecule has 10 unspecified atom stereocenters. The number of para-hydroxylation sites is 2. The summed E-state index contributed by atoms with van der Waals surface area (Å²) in [5.74, 6) is 2.26. The molecule has 7 fully saturated rings. The number of rotatable bonds is 2. The molecular formula is C43H50N4O. The molecule has 0 radical (unpaired) electrons. The maximum Gasteiger partial charge on any atom is 0.226 e. The van der Waals surface area contributed by atoms with Crippen LogP contribution in [0.25, 0.3) is 27.5 Å². The smallest absolute Gasteiger partial charge is 0.226 e. The highest BCUT2D eigenvalue weighted by atomic mass is 16.2. The number of amides is 1. The van der Waals surface area contributed by atoms with Gasteiger partial charge in [0.25, 0.3) is 0 Å². The lowest BCUT2D eigenvalue weighted by molar-refractivity contribution is -0.199. The number of piperazine rings is 2. The third-order valence-electron chi connectivity index (χ3n) is 14.8. The number of carbonyl (C=O) groups is 1. The Morgan fingerprint density at radius 1 is 0.479 bits per heavy atom. The number of carbonyl (C=O) groups excluding carboxylic acids is 1. The molecule has 0 N–H and O–H groups in total. The van der Waals surface area contributed by atoms with Gasteiger partial charge in [0.15, 0.2) is 0 Å². The van der Waals surface area contributed by atoms with Crippen molar-refractivity contribution in [1.82, 2.24) is 14.4 Å². The van der Waals surface area contributed by atoms with Gasteiger partial charge < -0.3 is 14.4 Å². The Morgan fingerprint density at radius 2 is 1.15 bits per heavy atom. The van der Waals surface area contributed by atoms with Gasteiger partial charge in [-0.2, -0.15) is 0 Å². The summed E-state index contributed by atoms with van der Waals surface area (Å²) >= 11 is 0. The van der Waals surface area contributed by atoms with Crippen molar-refractivity contribution in [1.29, 1.82) is 0 Å². The first-order valence-corrected chi connectivity index (χ1v) is 19.7. The van der Waals surface area contributed by atoms with Gasteiger partial charge in [0.1, 0.15) is 0 Å². The van der Waals surface area contributed by atoms with E-state index >= 15 is 0 Å². The largest absolute Gasteiger partial charge is 0.362 e. The van der Waals surface area contributed by atoms with Crippen LogP contribution in [0.15, 0.2) is 72.8 Å². The molecule has 48 heavy (non-hydrogen) atoms. The normalized spacial score (nSPS) is 37.5. The Morgan fingerprint density at radius 3 is 2.04 bits per heavy atom. The molecule has 248 valence electrons. The van der Waals surface area contributed by atoms with Gasteiger partial charge in [0.2, 0.25) is 5.91 Å². The molecule has 7 aliphatic rings. The Kier molecular flexibility index (Phi) is 6.44. The Balaban J connectivity index is 1.06. The predicted molar refractivity (Wildman–Crippen MR) is 194 cm³/mol. The van der Waals surface area contributed by atoms with Crippen molar-refractivity contribution in [2.75, 3.05) is 4.90 Å². The summed E-state index contributed by atoms with van der Waals surface area (Å²) in [6, 6.07) is 30.8. The van der Waals surface area contributed by atoms with Crippen molar-refractivity contribution in [2.45, 2.75) is 132 Å². The fraction of sp³-hybridized carbons (Fsp3) is 0.558. The van der Waals surface area contributed by atoms with Crippen LogP contribution in [0.2, 0.25) is 0 Å². The van der Waals surface area contributed by atoms with E-state index < -0.39 is 0 Å².